The maximum Gasteiger partial charge on any atom is 0.334 e. The third-order valence-corrected chi connectivity index (χ3v) is 2.75. The molecule has 1 saturated heterocycles. The Morgan fingerprint density at radius 2 is 2.27 bits per heavy atom. The summed E-state index contributed by atoms with van der Waals surface area (Å²) in [6.07, 6.45) is 4.30. The van der Waals surface area contributed by atoms with Crippen LogP contribution < -0.4 is 0 Å². The fourth-order valence-corrected chi connectivity index (χ4v) is 1.82. The molecule has 1 atom stereocenters. The molecule has 0 radical (unpaired) electrons. The SMILES string of the molecule is CCCCCCN1CCOC(C(=O)O)C1. The van der Waals surface area contributed by atoms with E-state index in [1.165, 1.54) is 25.7 Å². The molecule has 0 aliphatic carbocycles. The van der Waals surface area contributed by atoms with E-state index < -0.39 is 12.1 Å². The van der Waals surface area contributed by atoms with Crippen molar-refractivity contribution in [2.45, 2.75) is 38.7 Å². The van der Waals surface area contributed by atoms with E-state index >= 15 is 0 Å². The van der Waals surface area contributed by atoms with Gasteiger partial charge in [-0.3, -0.25) is 4.90 Å². The summed E-state index contributed by atoms with van der Waals surface area (Å²) in [4.78, 5) is 12.9. The zero-order valence-electron chi connectivity index (χ0n) is 9.45. The zero-order valence-corrected chi connectivity index (χ0v) is 9.45. The van der Waals surface area contributed by atoms with E-state index in [4.69, 9.17) is 9.84 Å². The van der Waals surface area contributed by atoms with Gasteiger partial charge in [-0.1, -0.05) is 26.2 Å². The molecular formula is C11H21NO3. The van der Waals surface area contributed by atoms with Gasteiger partial charge in [0.25, 0.3) is 0 Å². The third kappa shape index (κ3) is 4.62. The normalized spacial score (nSPS) is 22.9. The Labute approximate surface area is 91.2 Å². The number of rotatable bonds is 6. The Kier molecular flexibility index (Phi) is 5.65. The van der Waals surface area contributed by atoms with Gasteiger partial charge in [-0.25, -0.2) is 4.79 Å². The van der Waals surface area contributed by atoms with Crippen LogP contribution in [0.2, 0.25) is 0 Å². The molecule has 1 rings (SSSR count). The number of ether oxygens (including phenoxy) is 1. The Balaban J connectivity index is 2.15. The van der Waals surface area contributed by atoms with Crippen LogP contribution in [0, 0.1) is 0 Å². The molecule has 0 aromatic rings. The molecule has 0 aromatic heterocycles. The number of carbonyl (C=O) groups is 1. The molecule has 15 heavy (non-hydrogen) atoms. The highest BCUT2D eigenvalue weighted by Gasteiger charge is 2.25. The van der Waals surface area contributed by atoms with Gasteiger partial charge in [0.2, 0.25) is 0 Å². The first-order valence-corrected chi connectivity index (χ1v) is 5.80. The molecule has 4 heteroatoms. The fourth-order valence-electron chi connectivity index (χ4n) is 1.82. The number of hydrogen-bond donors (Lipinski definition) is 1. The van der Waals surface area contributed by atoms with E-state index in [0.717, 1.165) is 13.1 Å². The van der Waals surface area contributed by atoms with Crippen LogP contribution in [0.15, 0.2) is 0 Å². The van der Waals surface area contributed by atoms with Gasteiger partial charge in [-0.05, 0) is 13.0 Å². The van der Waals surface area contributed by atoms with Crippen LogP contribution in [0.5, 0.6) is 0 Å². The zero-order chi connectivity index (χ0) is 11.1. The van der Waals surface area contributed by atoms with Crippen molar-refractivity contribution >= 4 is 5.97 Å². The number of unbranched alkanes of at least 4 members (excludes halogenated alkanes) is 3. The van der Waals surface area contributed by atoms with E-state index in [9.17, 15) is 4.79 Å². The minimum atomic E-state index is -0.840. The average Bonchev–Trinajstić information content (AvgIpc) is 2.25. The fraction of sp³-hybridized carbons (Fsp3) is 0.909. The lowest BCUT2D eigenvalue weighted by Gasteiger charge is -2.30. The molecular weight excluding hydrogens is 194 g/mol. The van der Waals surface area contributed by atoms with Crippen molar-refractivity contribution in [3.63, 3.8) is 0 Å². The van der Waals surface area contributed by atoms with Crippen molar-refractivity contribution < 1.29 is 14.6 Å². The summed E-state index contributed by atoms with van der Waals surface area (Å²) in [5.74, 6) is -0.840. The Hall–Kier alpha value is -0.610. The van der Waals surface area contributed by atoms with Gasteiger partial charge in [0.15, 0.2) is 6.10 Å². The van der Waals surface area contributed by atoms with Gasteiger partial charge in [0.05, 0.1) is 6.61 Å². The van der Waals surface area contributed by atoms with Crippen molar-refractivity contribution in [3.8, 4) is 0 Å². The number of aliphatic carboxylic acids is 1. The van der Waals surface area contributed by atoms with Gasteiger partial charge < -0.3 is 9.84 Å². The average molecular weight is 215 g/mol. The van der Waals surface area contributed by atoms with Crippen LogP contribution in [0.25, 0.3) is 0 Å². The monoisotopic (exact) mass is 215 g/mol. The van der Waals surface area contributed by atoms with Crippen LogP contribution in [-0.4, -0.2) is 48.3 Å². The maximum atomic E-state index is 10.7. The minimum absolute atomic E-state index is 0.543. The van der Waals surface area contributed by atoms with Crippen LogP contribution in [-0.2, 0) is 9.53 Å². The summed E-state index contributed by atoms with van der Waals surface area (Å²) in [6, 6.07) is 0. The van der Waals surface area contributed by atoms with Crippen LogP contribution in [0.1, 0.15) is 32.6 Å². The van der Waals surface area contributed by atoms with Crippen molar-refractivity contribution in [3.05, 3.63) is 0 Å². The summed E-state index contributed by atoms with van der Waals surface area (Å²) in [7, 11) is 0. The van der Waals surface area contributed by atoms with Crippen molar-refractivity contribution in [2.24, 2.45) is 0 Å². The molecule has 0 bridgehead atoms. The van der Waals surface area contributed by atoms with Crippen molar-refractivity contribution in [1.29, 1.82) is 0 Å². The molecule has 1 unspecified atom stereocenters. The van der Waals surface area contributed by atoms with E-state index in [1.54, 1.807) is 0 Å². The van der Waals surface area contributed by atoms with E-state index in [2.05, 4.69) is 11.8 Å². The molecule has 1 aliphatic rings. The molecule has 1 fully saturated rings. The summed E-state index contributed by atoms with van der Waals surface area (Å²) in [5.41, 5.74) is 0. The molecule has 0 amide bonds. The van der Waals surface area contributed by atoms with E-state index in [-0.39, 0.29) is 0 Å². The third-order valence-electron chi connectivity index (χ3n) is 2.75. The molecule has 1 N–H and O–H groups in total. The van der Waals surface area contributed by atoms with E-state index in [1.807, 2.05) is 0 Å². The highest BCUT2D eigenvalue weighted by molar-refractivity contribution is 5.72. The van der Waals surface area contributed by atoms with Gasteiger partial charge in [-0.2, -0.15) is 0 Å². The van der Waals surface area contributed by atoms with Gasteiger partial charge >= 0.3 is 5.97 Å². The van der Waals surface area contributed by atoms with Gasteiger partial charge in [0, 0.05) is 13.1 Å². The number of carboxylic acid groups (broad SMARTS) is 1. The first-order chi connectivity index (χ1) is 7.24. The standard InChI is InChI=1S/C11H21NO3/c1-2-3-4-5-6-12-7-8-15-10(9-12)11(13)14/h10H,2-9H2,1H3,(H,13,14). The summed E-state index contributed by atoms with van der Waals surface area (Å²) in [5, 5.41) is 8.81. The molecule has 0 spiro atoms. The first kappa shape index (κ1) is 12.5. The Morgan fingerprint density at radius 3 is 2.93 bits per heavy atom. The summed E-state index contributed by atoms with van der Waals surface area (Å²) >= 11 is 0. The lowest BCUT2D eigenvalue weighted by atomic mass is 10.2. The molecule has 0 saturated carbocycles. The van der Waals surface area contributed by atoms with Crippen molar-refractivity contribution in [2.75, 3.05) is 26.2 Å². The number of nitrogens with zero attached hydrogens (tertiary/aromatic N) is 1. The number of hydrogen-bond acceptors (Lipinski definition) is 3. The molecule has 4 nitrogen and oxygen atoms in total. The molecule has 88 valence electrons. The molecule has 0 aromatic carbocycles. The minimum Gasteiger partial charge on any atom is -0.479 e. The van der Waals surface area contributed by atoms with Gasteiger partial charge in [0.1, 0.15) is 0 Å². The molecule has 1 heterocycles. The van der Waals surface area contributed by atoms with E-state index in [0.29, 0.717) is 13.2 Å². The highest BCUT2D eigenvalue weighted by Crippen LogP contribution is 2.08. The molecule has 1 aliphatic heterocycles. The second-order valence-electron chi connectivity index (χ2n) is 4.06. The lowest BCUT2D eigenvalue weighted by Crippen LogP contribution is -2.46. The van der Waals surface area contributed by atoms with Crippen LogP contribution in [0.4, 0.5) is 0 Å². The second-order valence-corrected chi connectivity index (χ2v) is 4.06. The lowest BCUT2D eigenvalue weighted by molar-refractivity contribution is -0.156. The quantitative estimate of drug-likeness (QED) is 0.679. The van der Waals surface area contributed by atoms with Crippen molar-refractivity contribution in [1.82, 2.24) is 4.90 Å². The highest BCUT2D eigenvalue weighted by atomic mass is 16.5. The number of morpholine rings is 1. The first-order valence-electron chi connectivity index (χ1n) is 5.80. The second kappa shape index (κ2) is 6.80. The van der Waals surface area contributed by atoms with Crippen LogP contribution >= 0.6 is 0 Å². The van der Waals surface area contributed by atoms with Gasteiger partial charge in [-0.15, -0.1) is 0 Å². The topological polar surface area (TPSA) is 49.8 Å². The Morgan fingerprint density at radius 1 is 1.47 bits per heavy atom. The predicted octanol–water partition coefficient (Wildman–Crippen LogP) is 1.35. The Bertz CT molecular complexity index is 196. The maximum absolute atomic E-state index is 10.7. The summed E-state index contributed by atoms with van der Waals surface area (Å²) in [6.45, 7) is 5.16. The smallest absolute Gasteiger partial charge is 0.334 e. The summed E-state index contributed by atoms with van der Waals surface area (Å²) < 4.78 is 5.16. The number of carboxylic acids is 1. The predicted molar refractivity (Wildman–Crippen MR) is 58.0 cm³/mol. The van der Waals surface area contributed by atoms with Crippen LogP contribution in [0.3, 0.4) is 0 Å². The largest absolute Gasteiger partial charge is 0.479 e.